The predicted molar refractivity (Wildman–Crippen MR) is 85.0 cm³/mol. The maximum Gasteiger partial charge on any atom is 0.303 e. The van der Waals surface area contributed by atoms with E-state index in [1.807, 2.05) is 0 Å². The molecule has 1 amide bonds. The van der Waals surface area contributed by atoms with E-state index in [4.69, 9.17) is 5.11 Å². The van der Waals surface area contributed by atoms with Crippen LogP contribution in [0.4, 0.5) is 0 Å². The van der Waals surface area contributed by atoms with E-state index in [1.54, 1.807) is 4.90 Å². The van der Waals surface area contributed by atoms with Gasteiger partial charge in [0, 0.05) is 31.3 Å². The van der Waals surface area contributed by atoms with Crippen LogP contribution in [0, 0.1) is 5.92 Å². The first-order chi connectivity index (χ1) is 10.8. The third kappa shape index (κ3) is 4.79. The van der Waals surface area contributed by atoms with Gasteiger partial charge in [0.25, 0.3) is 5.91 Å². The van der Waals surface area contributed by atoms with Crippen LogP contribution in [0.25, 0.3) is 0 Å². The van der Waals surface area contributed by atoms with Crippen molar-refractivity contribution in [2.45, 2.75) is 30.6 Å². The van der Waals surface area contributed by atoms with Crippen molar-refractivity contribution in [1.29, 1.82) is 0 Å². The lowest BCUT2D eigenvalue weighted by molar-refractivity contribution is -0.137. The maximum atomic E-state index is 12.5. The molecule has 7 heteroatoms. The molecule has 0 radical (unpaired) electrons. The molecule has 0 bridgehead atoms. The molecule has 126 valence electrons. The number of carboxylic acid groups (broad SMARTS) is 1. The zero-order valence-corrected chi connectivity index (χ0v) is 13.9. The quantitative estimate of drug-likeness (QED) is 0.883. The number of piperidine rings is 1. The number of likely N-dealkylation sites (tertiary alicyclic amines) is 1. The van der Waals surface area contributed by atoms with Gasteiger partial charge in [-0.2, -0.15) is 0 Å². The first kappa shape index (κ1) is 17.5. The van der Waals surface area contributed by atoms with Gasteiger partial charge < -0.3 is 10.0 Å². The first-order valence-corrected chi connectivity index (χ1v) is 9.47. The standard InChI is InChI=1S/C16H21NO5S/c1-23(21,22)14-7-5-13(6-8-14)16(20)17-10-2-3-12(11-17)4-9-15(18)19/h5-8,12H,2-4,9-11H2,1H3,(H,18,19). The molecule has 1 aliphatic rings. The van der Waals surface area contributed by atoms with Crippen LogP contribution in [0.5, 0.6) is 0 Å². The van der Waals surface area contributed by atoms with Crippen LogP contribution in [0.3, 0.4) is 0 Å². The van der Waals surface area contributed by atoms with Gasteiger partial charge in [-0.1, -0.05) is 0 Å². The molecule has 2 rings (SSSR count). The Morgan fingerprint density at radius 2 is 1.91 bits per heavy atom. The van der Waals surface area contributed by atoms with Gasteiger partial charge in [0.05, 0.1) is 4.90 Å². The van der Waals surface area contributed by atoms with Crippen LogP contribution in [0.2, 0.25) is 0 Å². The number of sulfone groups is 1. The Kier molecular flexibility index (Phi) is 5.41. The van der Waals surface area contributed by atoms with E-state index in [1.165, 1.54) is 24.3 Å². The van der Waals surface area contributed by atoms with Gasteiger partial charge in [-0.3, -0.25) is 9.59 Å². The minimum Gasteiger partial charge on any atom is -0.481 e. The van der Waals surface area contributed by atoms with Crippen LogP contribution < -0.4 is 0 Å². The molecule has 1 aliphatic heterocycles. The number of benzene rings is 1. The highest BCUT2D eigenvalue weighted by Crippen LogP contribution is 2.23. The third-order valence-electron chi connectivity index (χ3n) is 4.10. The summed E-state index contributed by atoms with van der Waals surface area (Å²) in [6.07, 6.45) is 3.62. The van der Waals surface area contributed by atoms with E-state index in [0.717, 1.165) is 19.1 Å². The molecule has 1 heterocycles. The van der Waals surface area contributed by atoms with Crippen LogP contribution in [0.15, 0.2) is 29.2 Å². The Hall–Kier alpha value is -1.89. The fourth-order valence-corrected chi connectivity index (χ4v) is 3.47. The molecule has 1 fully saturated rings. The van der Waals surface area contributed by atoms with Crippen LogP contribution >= 0.6 is 0 Å². The summed E-state index contributed by atoms with van der Waals surface area (Å²) in [5.74, 6) is -0.742. The van der Waals surface area contributed by atoms with Crippen LogP contribution in [-0.2, 0) is 14.6 Å². The molecule has 0 saturated carbocycles. The van der Waals surface area contributed by atoms with Crippen molar-refractivity contribution in [3.8, 4) is 0 Å². The number of carboxylic acids is 1. The summed E-state index contributed by atoms with van der Waals surface area (Å²) in [6.45, 7) is 1.20. The highest BCUT2D eigenvalue weighted by atomic mass is 32.2. The predicted octanol–water partition coefficient (Wildman–Crippen LogP) is 1.81. The molecule has 0 spiro atoms. The fourth-order valence-electron chi connectivity index (χ4n) is 2.84. The largest absolute Gasteiger partial charge is 0.481 e. The number of amides is 1. The molecule has 0 aromatic heterocycles. The van der Waals surface area contributed by atoms with Crippen LogP contribution in [-0.4, -0.2) is 49.6 Å². The monoisotopic (exact) mass is 339 g/mol. The second kappa shape index (κ2) is 7.12. The van der Waals surface area contributed by atoms with Gasteiger partial charge in [0.2, 0.25) is 0 Å². The summed E-state index contributed by atoms with van der Waals surface area (Å²) in [4.78, 5) is 25.1. The lowest BCUT2D eigenvalue weighted by Gasteiger charge is -2.32. The van der Waals surface area contributed by atoms with E-state index < -0.39 is 15.8 Å². The lowest BCUT2D eigenvalue weighted by atomic mass is 9.93. The van der Waals surface area contributed by atoms with Gasteiger partial charge in [-0.25, -0.2) is 8.42 Å². The minimum atomic E-state index is -3.27. The van der Waals surface area contributed by atoms with Crippen molar-refractivity contribution in [3.63, 3.8) is 0 Å². The Morgan fingerprint density at radius 3 is 2.48 bits per heavy atom. The van der Waals surface area contributed by atoms with Crippen molar-refractivity contribution in [1.82, 2.24) is 4.90 Å². The molecule has 6 nitrogen and oxygen atoms in total. The second-order valence-corrected chi connectivity index (χ2v) is 8.00. The molecule has 1 aromatic carbocycles. The van der Waals surface area contributed by atoms with Gasteiger partial charge >= 0.3 is 5.97 Å². The van der Waals surface area contributed by atoms with Crippen molar-refractivity contribution in [2.75, 3.05) is 19.3 Å². The summed E-state index contributed by atoms with van der Waals surface area (Å²) in [7, 11) is -3.27. The molecule has 1 N–H and O–H groups in total. The van der Waals surface area contributed by atoms with E-state index >= 15 is 0 Å². The molecule has 1 aromatic rings. The number of aliphatic carboxylic acids is 1. The van der Waals surface area contributed by atoms with Crippen molar-refractivity contribution in [2.24, 2.45) is 5.92 Å². The number of rotatable bonds is 5. The molecular formula is C16H21NO5S. The maximum absolute atomic E-state index is 12.5. The molecule has 1 unspecified atom stereocenters. The molecule has 23 heavy (non-hydrogen) atoms. The van der Waals surface area contributed by atoms with Crippen molar-refractivity contribution < 1.29 is 23.1 Å². The van der Waals surface area contributed by atoms with E-state index in [-0.39, 0.29) is 23.1 Å². The van der Waals surface area contributed by atoms with Gasteiger partial charge in [0.1, 0.15) is 0 Å². The average Bonchev–Trinajstić information content (AvgIpc) is 2.52. The Morgan fingerprint density at radius 1 is 1.26 bits per heavy atom. The smallest absolute Gasteiger partial charge is 0.303 e. The van der Waals surface area contributed by atoms with E-state index in [0.29, 0.717) is 25.1 Å². The number of hydrogen-bond acceptors (Lipinski definition) is 4. The average molecular weight is 339 g/mol. The van der Waals surface area contributed by atoms with Gasteiger partial charge in [-0.15, -0.1) is 0 Å². The Labute approximate surface area is 136 Å². The lowest BCUT2D eigenvalue weighted by Crippen LogP contribution is -2.40. The van der Waals surface area contributed by atoms with Crippen molar-refractivity contribution >= 4 is 21.7 Å². The molecular weight excluding hydrogens is 318 g/mol. The summed E-state index contributed by atoms with van der Waals surface area (Å²) in [5, 5.41) is 8.76. The molecule has 1 atom stereocenters. The third-order valence-corrected chi connectivity index (χ3v) is 5.23. The summed E-state index contributed by atoms with van der Waals surface area (Å²) >= 11 is 0. The zero-order valence-electron chi connectivity index (χ0n) is 13.1. The van der Waals surface area contributed by atoms with Gasteiger partial charge in [-0.05, 0) is 49.4 Å². The van der Waals surface area contributed by atoms with Gasteiger partial charge in [0.15, 0.2) is 9.84 Å². The first-order valence-electron chi connectivity index (χ1n) is 7.58. The SMILES string of the molecule is CS(=O)(=O)c1ccc(C(=O)N2CCCC(CCC(=O)O)C2)cc1. The zero-order chi connectivity index (χ0) is 17.0. The Balaban J connectivity index is 2.03. The van der Waals surface area contributed by atoms with E-state index in [2.05, 4.69) is 0 Å². The highest BCUT2D eigenvalue weighted by Gasteiger charge is 2.25. The Bertz CT molecular complexity index is 681. The number of carbonyl (C=O) groups is 2. The number of carbonyl (C=O) groups excluding carboxylic acids is 1. The normalized spacial score (nSPS) is 18.7. The molecule has 0 aliphatic carbocycles. The topological polar surface area (TPSA) is 91.8 Å². The summed E-state index contributed by atoms with van der Waals surface area (Å²) in [6, 6.07) is 5.93. The minimum absolute atomic E-state index is 0.121. The van der Waals surface area contributed by atoms with Crippen LogP contribution in [0.1, 0.15) is 36.0 Å². The number of hydrogen-bond donors (Lipinski definition) is 1. The number of nitrogens with zero attached hydrogens (tertiary/aromatic N) is 1. The summed E-state index contributed by atoms with van der Waals surface area (Å²) < 4.78 is 22.9. The highest BCUT2D eigenvalue weighted by molar-refractivity contribution is 7.90. The van der Waals surface area contributed by atoms with Crippen molar-refractivity contribution in [3.05, 3.63) is 29.8 Å². The second-order valence-electron chi connectivity index (χ2n) is 5.99. The molecule has 1 saturated heterocycles. The fraction of sp³-hybridized carbons (Fsp3) is 0.500. The summed E-state index contributed by atoms with van der Waals surface area (Å²) in [5.41, 5.74) is 0.455. The van der Waals surface area contributed by atoms with E-state index in [9.17, 15) is 18.0 Å².